The van der Waals surface area contributed by atoms with Gasteiger partial charge < -0.3 is 10.2 Å². The number of aromatic nitrogens is 1. The zero-order chi connectivity index (χ0) is 12.4. The van der Waals surface area contributed by atoms with Gasteiger partial charge in [0.2, 0.25) is 0 Å². The Morgan fingerprint density at radius 1 is 1.35 bits per heavy atom. The van der Waals surface area contributed by atoms with Crippen LogP contribution < -0.4 is 5.73 Å². The standard InChI is InChI=1S/C13H15FN2O/c1-8-7-10(3-4-11(8)14)13-9(2)16-12(17-13)5-6-15/h3-4,7H,5-6,15H2,1-2H3. The molecule has 0 spiro atoms. The maximum absolute atomic E-state index is 13.2. The molecule has 0 atom stereocenters. The van der Waals surface area contributed by atoms with Crippen LogP contribution in [0.25, 0.3) is 11.3 Å². The van der Waals surface area contributed by atoms with Crippen molar-refractivity contribution in [2.24, 2.45) is 5.73 Å². The van der Waals surface area contributed by atoms with Crippen molar-refractivity contribution in [2.75, 3.05) is 6.54 Å². The summed E-state index contributed by atoms with van der Waals surface area (Å²) in [4.78, 5) is 4.29. The van der Waals surface area contributed by atoms with Crippen LogP contribution in [0.1, 0.15) is 17.1 Å². The van der Waals surface area contributed by atoms with Gasteiger partial charge in [-0.1, -0.05) is 0 Å². The minimum atomic E-state index is -0.215. The van der Waals surface area contributed by atoms with Gasteiger partial charge in [-0.3, -0.25) is 0 Å². The van der Waals surface area contributed by atoms with E-state index in [0.29, 0.717) is 30.2 Å². The van der Waals surface area contributed by atoms with Gasteiger partial charge in [-0.25, -0.2) is 9.37 Å². The third kappa shape index (κ3) is 2.36. The molecule has 4 heteroatoms. The highest BCUT2D eigenvalue weighted by molar-refractivity contribution is 5.60. The lowest BCUT2D eigenvalue weighted by atomic mass is 10.1. The molecule has 0 saturated heterocycles. The summed E-state index contributed by atoms with van der Waals surface area (Å²) in [5.74, 6) is 1.10. The number of benzene rings is 1. The van der Waals surface area contributed by atoms with Crippen molar-refractivity contribution in [3.05, 3.63) is 41.2 Å². The summed E-state index contributed by atoms with van der Waals surface area (Å²) >= 11 is 0. The van der Waals surface area contributed by atoms with Crippen molar-refractivity contribution < 1.29 is 8.81 Å². The number of nitrogens with two attached hydrogens (primary N) is 1. The van der Waals surface area contributed by atoms with Gasteiger partial charge in [0.05, 0.1) is 5.69 Å². The lowest BCUT2D eigenvalue weighted by Crippen LogP contribution is -2.02. The Bertz CT molecular complexity index is 534. The number of oxazole rings is 1. The summed E-state index contributed by atoms with van der Waals surface area (Å²) < 4.78 is 18.8. The van der Waals surface area contributed by atoms with E-state index in [-0.39, 0.29) is 5.82 Å². The molecular weight excluding hydrogens is 219 g/mol. The zero-order valence-electron chi connectivity index (χ0n) is 9.96. The molecule has 0 amide bonds. The Morgan fingerprint density at radius 2 is 2.12 bits per heavy atom. The molecule has 0 fully saturated rings. The molecule has 2 N–H and O–H groups in total. The smallest absolute Gasteiger partial charge is 0.196 e. The van der Waals surface area contributed by atoms with Gasteiger partial charge in [0.15, 0.2) is 11.7 Å². The van der Waals surface area contributed by atoms with E-state index in [1.807, 2.05) is 6.92 Å². The molecule has 1 aromatic carbocycles. The first-order chi connectivity index (χ1) is 8.11. The number of rotatable bonds is 3. The highest BCUT2D eigenvalue weighted by Gasteiger charge is 2.12. The van der Waals surface area contributed by atoms with Gasteiger partial charge in [-0.2, -0.15) is 0 Å². The third-order valence-corrected chi connectivity index (χ3v) is 2.62. The second kappa shape index (κ2) is 4.67. The summed E-state index contributed by atoms with van der Waals surface area (Å²) in [6.45, 7) is 4.10. The molecule has 0 radical (unpaired) electrons. The minimum absolute atomic E-state index is 0.215. The first kappa shape index (κ1) is 11.8. The van der Waals surface area contributed by atoms with Gasteiger partial charge in [-0.05, 0) is 37.6 Å². The normalized spacial score (nSPS) is 10.8. The Labute approximate surface area is 99.5 Å². The molecule has 0 unspecified atom stereocenters. The molecular formula is C13H15FN2O. The zero-order valence-corrected chi connectivity index (χ0v) is 9.96. The highest BCUT2D eigenvalue weighted by atomic mass is 19.1. The molecule has 0 saturated carbocycles. The predicted octanol–water partition coefficient (Wildman–Crippen LogP) is 2.60. The van der Waals surface area contributed by atoms with E-state index in [1.165, 1.54) is 6.07 Å². The van der Waals surface area contributed by atoms with Crippen LogP contribution in [0.2, 0.25) is 0 Å². The van der Waals surface area contributed by atoms with Gasteiger partial charge in [0.25, 0.3) is 0 Å². The van der Waals surface area contributed by atoms with Gasteiger partial charge in [-0.15, -0.1) is 0 Å². The molecule has 3 nitrogen and oxygen atoms in total. The number of nitrogens with zero attached hydrogens (tertiary/aromatic N) is 1. The Hall–Kier alpha value is -1.68. The van der Waals surface area contributed by atoms with Crippen LogP contribution in [0.5, 0.6) is 0 Å². The monoisotopic (exact) mass is 234 g/mol. The van der Waals surface area contributed by atoms with E-state index in [1.54, 1.807) is 19.1 Å². The fourth-order valence-electron chi connectivity index (χ4n) is 1.74. The molecule has 90 valence electrons. The van der Waals surface area contributed by atoms with Crippen LogP contribution >= 0.6 is 0 Å². The number of hydrogen-bond donors (Lipinski definition) is 1. The second-order valence-corrected chi connectivity index (χ2v) is 4.02. The SMILES string of the molecule is Cc1cc(-c2oc(CCN)nc2C)ccc1F. The van der Waals surface area contributed by atoms with Crippen LogP contribution in [0.3, 0.4) is 0 Å². The van der Waals surface area contributed by atoms with Crippen molar-refractivity contribution >= 4 is 0 Å². The van der Waals surface area contributed by atoms with Crippen molar-refractivity contribution in [3.8, 4) is 11.3 Å². The molecule has 0 bridgehead atoms. The van der Waals surface area contributed by atoms with Gasteiger partial charge >= 0.3 is 0 Å². The van der Waals surface area contributed by atoms with E-state index in [4.69, 9.17) is 10.2 Å². The number of hydrogen-bond acceptors (Lipinski definition) is 3. The quantitative estimate of drug-likeness (QED) is 0.888. The molecule has 17 heavy (non-hydrogen) atoms. The van der Waals surface area contributed by atoms with Crippen molar-refractivity contribution in [2.45, 2.75) is 20.3 Å². The third-order valence-electron chi connectivity index (χ3n) is 2.62. The number of halogens is 1. The molecule has 2 aromatic rings. The van der Waals surface area contributed by atoms with Crippen LogP contribution in [0.4, 0.5) is 4.39 Å². The first-order valence-corrected chi connectivity index (χ1v) is 5.54. The van der Waals surface area contributed by atoms with Crippen molar-refractivity contribution in [3.63, 3.8) is 0 Å². The Morgan fingerprint density at radius 3 is 2.76 bits per heavy atom. The molecule has 1 aromatic heterocycles. The van der Waals surface area contributed by atoms with Crippen LogP contribution in [0.15, 0.2) is 22.6 Å². The lowest BCUT2D eigenvalue weighted by molar-refractivity contribution is 0.507. The summed E-state index contributed by atoms with van der Waals surface area (Å²) in [5.41, 5.74) is 7.70. The topological polar surface area (TPSA) is 52.0 Å². The summed E-state index contributed by atoms with van der Waals surface area (Å²) in [5, 5.41) is 0. The van der Waals surface area contributed by atoms with E-state index in [2.05, 4.69) is 4.98 Å². The maximum Gasteiger partial charge on any atom is 0.196 e. The molecule has 2 rings (SSSR count). The van der Waals surface area contributed by atoms with Gasteiger partial charge in [0.1, 0.15) is 5.82 Å². The molecule has 0 aliphatic rings. The maximum atomic E-state index is 13.2. The summed E-state index contributed by atoms with van der Waals surface area (Å²) in [7, 11) is 0. The predicted molar refractivity (Wildman–Crippen MR) is 64.1 cm³/mol. The fraction of sp³-hybridized carbons (Fsp3) is 0.308. The van der Waals surface area contributed by atoms with Crippen LogP contribution in [0, 0.1) is 19.7 Å². The summed E-state index contributed by atoms with van der Waals surface area (Å²) in [6.07, 6.45) is 0.612. The second-order valence-electron chi connectivity index (χ2n) is 4.02. The highest BCUT2D eigenvalue weighted by Crippen LogP contribution is 2.26. The largest absolute Gasteiger partial charge is 0.440 e. The van der Waals surface area contributed by atoms with E-state index in [9.17, 15) is 4.39 Å². The fourth-order valence-corrected chi connectivity index (χ4v) is 1.74. The Balaban J connectivity index is 2.41. The van der Waals surface area contributed by atoms with Crippen LogP contribution in [-0.2, 0) is 6.42 Å². The summed E-state index contributed by atoms with van der Waals surface area (Å²) in [6, 6.07) is 4.90. The van der Waals surface area contributed by atoms with Crippen LogP contribution in [-0.4, -0.2) is 11.5 Å². The average Bonchev–Trinajstić information content (AvgIpc) is 2.64. The molecule has 0 aliphatic carbocycles. The first-order valence-electron chi connectivity index (χ1n) is 5.54. The number of aryl methyl sites for hydroxylation is 2. The molecule has 0 aliphatic heterocycles. The Kier molecular flexibility index (Phi) is 3.24. The van der Waals surface area contributed by atoms with E-state index < -0.39 is 0 Å². The lowest BCUT2D eigenvalue weighted by Gasteiger charge is -2.00. The minimum Gasteiger partial charge on any atom is -0.440 e. The molecule has 1 heterocycles. The van der Waals surface area contributed by atoms with Crippen molar-refractivity contribution in [1.29, 1.82) is 0 Å². The van der Waals surface area contributed by atoms with E-state index >= 15 is 0 Å². The van der Waals surface area contributed by atoms with Crippen molar-refractivity contribution in [1.82, 2.24) is 4.98 Å². The van der Waals surface area contributed by atoms with Gasteiger partial charge in [0, 0.05) is 18.5 Å². The van der Waals surface area contributed by atoms with E-state index in [0.717, 1.165) is 11.3 Å². The average molecular weight is 234 g/mol.